The predicted molar refractivity (Wildman–Crippen MR) is 102 cm³/mol. The number of benzene rings is 2. The summed E-state index contributed by atoms with van der Waals surface area (Å²) in [5.41, 5.74) is 0.162. The summed E-state index contributed by atoms with van der Waals surface area (Å²) >= 11 is 3.36. The molecule has 0 bridgehead atoms. The molecule has 1 heterocycles. The number of hydrogen-bond donors (Lipinski definition) is 1. The van der Waals surface area contributed by atoms with E-state index in [-0.39, 0.29) is 12.2 Å². The molecule has 0 saturated carbocycles. The second-order valence-electron chi connectivity index (χ2n) is 5.85. The molecular weight excluding hydrogens is 439 g/mol. The van der Waals surface area contributed by atoms with E-state index in [1.165, 1.54) is 6.07 Å². The lowest BCUT2D eigenvalue weighted by molar-refractivity contribution is -0.137. The number of aromatic nitrogens is 2. The van der Waals surface area contributed by atoms with Crippen molar-refractivity contribution in [2.24, 2.45) is 0 Å². The SMILES string of the molecule is O=C(Cn1nc(-c2cccc(Br)c2)ccc1=O)Nc1ccc(C(F)(F)F)cc1. The maximum Gasteiger partial charge on any atom is 0.416 e. The van der Waals surface area contributed by atoms with Crippen LogP contribution in [0.15, 0.2) is 69.9 Å². The molecule has 9 heteroatoms. The second kappa shape index (κ2) is 7.97. The maximum atomic E-state index is 12.6. The van der Waals surface area contributed by atoms with Crippen LogP contribution in [0.25, 0.3) is 11.3 Å². The van der Waals surface area contributed by atoms with Crippen LogP contribution in [0.1, 0.15) is 5.56 Å². The number of nitrogens with one attached hydrogen (secondary N) is 1. The highest BCUT2D eigenvalue weighted by Gasteiger charge is 2.30. The highest BCUT2D eigenvalue weighted by atomic mass is 79.9. The van der Waals surface area contributed by atoms with Crippen molar-refractivity contribution in [3.63, 3.8) is 0 Å². The molecule has 0 aliphatic heterocycles. The van der Waals surface area contributed by atoms with Gasteiger partial charge in [0.1, 0.15) is 6.54 Å². The van der Waals surface area contributed by atoms with Crippen molar-refractivity contribution < 1.29 is 18.0 Å². The first-order valence-corrected chi connectivity index (χ1v) is 8.83. The molecule has 0 fully saturated rings. The molecular formula is C19H13BrF3N3O2. The number of halogens is 4. The van der Waals surface area contributed by atoms with E-state index in [4.69, 9.17) is 0 Å². The third-order valence-electron chi connectivity index (χ3n) is 3.78. The number of alkyl halides is 3. The number of anilines is 1. The van der Waals surface area contributed by atoms with Gasteiger partial charge in [-0.05, 0) is 42.5 Å². The van der Waals surface area contributed by atoms with Crippen molar-refractivity contribution in [1.29, 1.82) is 0 Å². The van der Waals surface area contributed by atoms with Crippen molar-refractivity contribution in [2.75, 3.05) is 5.32 Å². The van der Waals surface area contributed by atoms with Gasteiger partial charge < -0.3 is 5.32 Å². The van der Waals surface area contributed by atoms with E-state index in [0.717, 1.165) is 39.0 Å². The molecule has 0 unspecified atom stereocenters. The Morgan fingerprint density at radius 1 is 1.07 bits per heavy atom. The summed E-state index contributed by atoms with van der Waals surface area (Å²) in [6, 6.07) is 14.2. The van der Waals surface area contributed by atoms with E-state index < -0.39 is 23.2 Å². The van der Waals surface area contributed by atoms with Crippen LogP contribution in [0.3, 0.4) is 0 Å². The van der Waals surface area contributed by atoms with Crippen LogP contribution < -0.4 is 10.9 Å². The van der Waals surface area contributed by atoms with Crippen LogP contribution in [0, 0.1) is 0 Å². The number of rotatable bonds is 4. The van der Waals surface area contributed by atoms with Crippen molar-refractivity contribution in [2.45, 2.75) is 12.7 Å². The fourth-order valence-corrected chi connectivity index (χ4v) is 2.84. The van der Waals surface area contributed by atoms with Crippen LogP contribution in [0.2, 0.25) is 0 Å². The topological polar surface area (TPSA) is 64.0 Å². The highest BCUT2D eigenvalue weighted by Crippen LogP contribution is 2.29. The van der Waals surface area contributed by atoms with Gasteiger partial charge in [0.05, 0.1) is 11.3 Å². The lowest BCUT2D eigenvalue weighted by atomic mass is 10.1. The molecule has 3 aromatic rings. The zero-order valence-corrected chi connectivity index (χ0v) is 15.8. The molecule has 0 saturated heterocycles. The number of hydrogen-bond acceptors (Lipinski definition) is 3. The zero-order chi connectivity index (χ0) is 20.3. The van der Waals surface area contributed by atoms with Crippen LogP contribution in [-0.2, 0) is 17.5 Å². The Labute approximate surface area is 165 Å². The predicted octanol–water partition coefficient (Wildman–Crippen LogP) is 4.33. The molecule has 1 amide bonds. The molecule has 5 nitrogen and oxygen atoms in total. The first-order chi connectivity index (χ1) is 13.2. The van der Waals surface area contributed by atoms with Gasteiger partial charge in [0, 0.05) is 21.8 Å². The summed E-state index contributed by atoms with van der Waals surface area (Å²) in [5, 5.41) is 6.64. The minimum atomic E-state index is -4.45. The smallest absolute Gasteiger partial charge is 0.324 e. The fourth-order valence-electron chi connectivity index (χ4n) is 2.44. The van der Waals surface area contributed by atoms with Crippen molar-refractivity contribution in [1.82, 2.24) is 9.78 Å². The minimum absolute atomic E-state index is 0.189. The van der Waals surface area contributed by atoms with Gasteiger partial charge in [0.15, 0.2) is 0 Å². The molecule has 1 N–H and O–H groups in total. The summed E-state index contributed by atoms with van der Waals surface area (Å²) in [5.74, 6) is -0.583. The normalized spacial score (nSPS) is 11.3. The number of nitrogens with zero attached hydrogens (tertiary/aromatic N) is 2. The number of carbonyl (C=O) groups excluding carboxylic acids is 1. The Hall–Kier alpha value is -2.94. The van der Waals surface area contributed by atoms with Gasteiger partial charge in [-0.3, -0.25) is 9.59 Å². The summed E-state index contributed by atoms with van der Waals surface area (Å²) in [4.78, 5) is 24.2. The Kier molecular flexibility index (Phi) is 5.64. The van der Waals surface area contributed by atoms with Gasteiger partial charge in [-0.1, -0.05) is 28.1 Å². The lowest BCUT2D eigenvalue weighted by Crippen LogP contribution is -2.29. The molecule has 0 aliphatic rings. The first kappa shape index (κ1) is 19.8. The van der Waals surface area contributed by atoms with Crippen molar-refractivity contribution in [3.05, 3.63) is 81.1 Å². The van der Waals surface area contributed by atoms with Crippen molar-refractivity contribution >= 4 is 27.5 Å². The Morgan fingerprint density at radius 2 is 1.79 bits per heavy atom. The monoisotopic (exact) mass is 451 g/mol. The number of carbonyl (C=O) groups is 1. The first-order valence-electron chi connectivity index (χ1n) is 8.03. The van der Waals surface area contributed by atoms with E-state index in [0.29, 0.717) is 5.69 Å². The molecule has 144 valence electrons. The molecule has 28 heavy (non-hydrogen) atoms. The third kappa shape index (κ3) is 4.86. The minimum Gasteiger partial charge on any atom is -0.324 e. The molecule has 0 aliphatic carbocycles. The summed E-state index contributed by atoms with van der Waals surface area (Å²) in [7, 11) is 0. The summed E-state index contributed by atoms with van der Waals surface area (Å²) in [6.07, 6.45) is -4.45. The van der Waals surface area contributed by atoms with Crippen LogP contribution >= 0.6 is 15.9 Å². The van der Waals surface area contributed by atoms with Gasteiger partial charge in [-0.25, -0.2) is 4.68 Å². The molecule has 2 aromatic carbocycles. The average molecular weight is 452 g/mol. The summed E-state index contributed by atoms with van der Waals surface area (Å²) in [6.45, 7) is -0.373. The van der Waals surface area contributed by atoms with Gasteiger partial charge >= 0.3 is 6.18 Å². The van der Waals surface area contributed by atoms with E-state index in [2.05, 4.69) is 26.3 Å². The third-order valence-corrected chi connectivity index (χ3v) is 4.27. The molecule has 0 spiro atoms. The standard InChI is InChI=1S/C19H13BrF3N3O2/c20-14-3-1-2-12(10-14)16-8-9-18(28)26(25-16)11-17(27)24-15-6-4-13(5-7-15)19(21,22)23/h1-10H,11H2,(H,24,27). The Balaban J connectivity index is 1.75. The fraction of sp³-hybridized carbons (Fsp3) is 0.105. The average Bonchev–Trinajstić information content (AvgIpc) is 2.63. The van der Waals surface area contributed by atoms with E-state index in [9.17, 15) is 22.8 Å². The van der Waals surface area contributed by atoms with Crippen molar-refractivity contribution in [3.8, 4) is 11.3 Å². The quantitative estimate of drug-likeness (QED) is 0.641. The molecule has 3 rings (SSSR count). The zero-order valence-electron chi connectivity index (χ0n) is 14.2. The van der Waals surface area contributed by atoms with Crippen LogP contribution in [-0.4, -0.2) is 15.7 Å². The lowest BCUT2D eigenvalue weighted by Gasteiger charge is -2.10. The Bertz CT molecular complexity index is 1060. The molecule has 0 radical (unpaired) electrons. The van der Waals surface area contributed by atoms with E-state index >= 15 is 0 Å². The second-order valence-corrected chi connectivity index (χ2v) is 6.76. The van der Waals surface area contributed by atoms with Gasteiger partial charge in [0.2, 0.25) is 5.91 Å². The van der Waals surface area contributed by atoms with Gasteiger partial charge in [0.25, 0.3) is 5.56 Å². The van der Waals surface area contributed by atoms with Gasteiger partial charge in [-0.15, -0.1) is 0 Å². The van der Waals surface area contributed by atoms with E-state index in [1.54, 1.807) is 6.07 Å². The summed E-state index contributed by atoms with van der Waals surface area (Å²) < 4.78 is 39.6. The maximum absolute atomic E-state index is 12.6. The largest absolute Gasteiger partial charge is 0.416 e. The molecule has 0 atom stereocenters. The van der Waals surface area contributed by atoms with Crippen LogP contribution in [0.5, 0.6) is 0 Å². The van der Waals surface area contributed by atoms with Crippen LogP contribution in [0.4, 0.5) is 18.9 Å². The molecule has 1 aromatic heterocycles. The number of amides is 1. The Morgan fingerprint density at radius 3 is 2.43 bits per heavy atom. The van der Waals surface area contributed by atoms with E-state index in [1.807, 2.05) is 24.3 Å². The van der Waals surface area contributed by atoms with Gasteiger partial charge in [-0.2, -0.15) is 18.3 Å². The highest BCUT2D eigenvalue weighted by molar-refractivity contribution is 9.10.